The van der Waals surface area contributed by atoms with Crippen molar-refractivity contribution in [2.24, 2.45) is 0 Å². The lowest BCUT2D eigenvalue weighted by Crippen LogP contribution is -2.02. The van der Waals surface area contributed by atoms with Crippen molar-refractivity contribution in [1.82, 2.24) is 9.55 Å². The maximum absolute atomic E-state index is 9.75. The van der Waals surface area contributed by atoms with E-state index in [0.717, 1.165) is 6.54 Å². The van der Waals surface area contributed by atoms with Gasteiger partial charge in [-0.1, -0.05) is 71.1 Å². The van der Waals surface area contributed by atoms with Crippen molar-refractivity contribution in [2.45, 2.75) is 84.1 Å². The summed E-state index contributed by atoms with van der Waals surface area (Å²) in [6, 6.07) is 0. The van der Waals surface area contributed by atoms with Crippen molar-refractivity contribution >= 4 is 7.25 Å². The molecule has 0 aliphatic carbocycles. The lowest BCUT2D eigenvalue weighted by Gasteiger charge is -2.03. The Morgan fingerprint density at radius 3 is 1.61 bits per heavy atom. The summed E-state index contributed by atoms with van der Waals surface area (Å²) in [4.78, 5) is 4.06. The predicted octanol–water partition coefficient (Wildman–Crippen LogP) is 6.49. The molecule has 7 heteroatoms. The fraction of sp³-hybridized carbons (Fsp3) is 0.812. The summed E-state index contributed by atoms with van der Waals surface area (Å²) in [5.41, 5.74) is 0. The van der Waals surface area contributed by atoms with Gasteiger partial charge in [0.1, 0.15) is 0 Å². The lowest BCUT2D eigenvalue weighted by atomic mass is 10.1. The SMILES string of the molecule is CCCCCCCCCCCCCn1ccnc1.F[B-](F)(F)F. The molecule has 0 saturated heterocycles. The van der Waals surface area contributed by atoms with Gasteiger partial charge in [0.05, 0.1) is 6.33 Å². The molecule has 0 aromatic carbocycles. The van der Waals surface area contributed by atoms with Crippen LogP contribution in [0.15, 0.2) is 18.7 Å². The third-order valence-electron chi connectivity index (χ3n) is 3.58. The first-order valence-electron chi connectivity index (χ1n) is 8.76. The summed E-state index contributed by atoms with van der Waals surface area (Å²) in [5.74, 6) is 0. The van der Waals surface area contributed by atoms with Gasteiger partial charge in [-0.15, -0.1) is 0 Å². The summed E-state index contributed by atoms with van der Waals surface area (Å²) in [6.07, 6.45) is 21.4. The van der Waals surface area contributed by atoms with Crippen LogP contribution in [0.2, 0.25) is 0 Å². The van der Waals surface area contributed by atoms with Gasteiger partial charge in [-0.05, 0) is 6.42 Å². The fourth-order valence-corrected chi connectivity index (χ4v) is 2.38. The van der Waals surface area contributed by atoms with Gasteiger partial charge < -0.3 is 21.8 Å². The van der Waals surface area contributed by atoms with Gasteiger partial charge in [-0.2, -0.15) is 0 Å². The van der Waals surface area contributed by atoms with Crippen molar-refractivity contribution in [3.05, 3.63) is 18.7 Å². The minimum Gasteiger partial charge on any atom is -0.418 e. The quantitative estimate of drug-likeness (QED) is 0.242. The highest BCUT2D eigenvalue weighted by atomic mass is 19.5. The molecule has 0 saturated carbocycles. The van der Waals surface area contributed by atoms with Gasteiger partial charge in [0, 0.05) is 18.9 Å². The van der Waals surface area contributed by atoms with E-state index < -0.39 is 7.25 Å². The summed E-state index contributed by atoms with van der Waals surface area (Å²) in [5, 5.41) is 0. The van der Waals surface area contributed by atoms with Crippen LogP contribution in [0.5, 0.6) is 0 Å². The third kappa shape index (κ3) is 21.0. The molecule has 1 heterocycles. The average Bonchev–Trinajstić information content (AvgIpc) is 2.96. The molecule has 0 bridgehead atoms. The van der Waals surface area contributed by atoms with Gasteiger partial charge in [0.15, 0.2) is 0 Å². The predicted molar refractivity (Wildman–Crippen MR) is 88.9 cm³/mol. The smallest absolute Gasteiger partial charge is 0.418 e. The third-order valence-corrected chi connectivity index (χ3v) is 3.58. The number of halogens is 4. The number of hydrogen-bond donors (Lipinski definition) is 0. The number of rotatable bonds is 12. The maximum Gasteiger partial charge on any atom is 0.673 e. The number of unbranched alkanes of at least 4 members (excludes halogenated alkanes) is 10. The summed E-state index contributed by atoms with van der Waals surface area (Å²) >= 11 is 0. The second-order valence-corrected chi connectivity index (χ2v) is 5.83. The molecule has 0 aliphatic rings. The number of aryl methyl sites for hydroxylation is 1. The van der Waals surface area contributed by atoms with Crippen molar-refractivity contribution in [2.75, 3.05) is 0 Å². The van der Waals surface area contributed by atoms with Crippen LogP contribution in [0.1, 0.15) is 77.6 Å². The molecule has 0 atom stereocenters. The summed E-state index contributed by atoms with van der Waals surface area (Å²) < 4.78 is 41.2. The highest BCUT2D eigenvalue weighted by molar-refractivity contribution is 6.50. The Bertz CT molecular complexity index is 336. The molecule has 23 heavy (non-hydrogen) atoms. The number of imidazole rings is 1. The molecule has 0 spiro atoms. The molecule has 0 aliphatic heterocycles. The van der Waals surface area contributed by atoms with Crippen LogP contribution in [-0.2, 0) is 6.54 Å². The largest absolute Gasteiger partial charge is 0.673 e. The zero-order valence-electron chi connectivity index (χ0n) is 14.2. The van der Waals surface area contributed by atoms with E-state index in [1.165, 1.54) is 70.6 Å². The molecule has 136 valence electrons. The molecule has 0 unspecified atom stereocenters. The Hall–Kier alpha value is -1.01. The van der Waals surface area contributed by atoms with Crippen LogP contribution in [0, 0.1) is 0 Å². The Balaban J connectivity index is 0.000000841. The molecule has 1 aromatic rings. The first-order chi connectivity index (χ1) is 10.9. The van der Waals surface area contributed by atoms with E-state index in [-0.39, 0.29) is 0 Å². The van der Waals surface area contributed by atoms with E-state index in [9.17, 15) is 17.3 Å². The molecule has 1 aromatic heterocycles. The molecule has 0 fully saturated rings. The van der Waals surface area contributed by atoms with Crippen LogP contribution < -0.4 is 0 Å². The highest BCUT2D eigenvalue weighted by Crippen LogP contribution is 2.11. The summed E-state index contributed by atoms with van der Waals surface area (Å²) in [6.45, 7) is 3.42. The minimum atomic E-state index is -6.00. The Morgan fingerprint density at radius 2 is 1.22 bits per heavy atom. The van der Waals surface area contributed by atoms with Gasteiger partial charge in [-0.3, -0.25) is 0 Å². The molecular formula is C16H30BF4N2-. The molecular weight excluding hydrogens is 307 g/mol. The minimum absolute atomic E-state index is 1.14. The van der Waals surface area contributed by atoms with Gasteiger partial charge in [-0.25, -0.2) is 4.98 Å². The van der Waals surface area contributed by atoms with Crippen molar-refractivity contribution < 1.29 is 17.3 Å². The van der Waals surface area contributed by atoms with Gasteiger partial charge >= 0.3 is 7.25 Å². The van der Waals surface area contributed by atoms with Gasteiger partial charge in [0.2, 0.25) is 0 Å². The maximum atomic E-state index is 9.75. The second kappa shape index (κ2) is 14.6. The molecule has 1 rings (SSSR count). The normalized spacial score (nSPS) is 11.2. The first kappa shape index (κ1) is 22.0. The Labute approximate surface area is 137 Å². The van der Waals surface area contributed by atoms with Crippen LogP contribution in [0.4, 0.5) is 17.3 Å². The zero-order valence-corrected chi connectivity index (χ0v) is 14.2. The van der Waals surface area contributed by atoms with Crippen LogP contribution >= 0.6 is 0 Å². The lowest BCUT2D eigenvalue weighted by molar-refractivity contribution is 0.368. The van der Waals surface area contributed by atoms with Crippen LogP contribution in [0.3, 0.4) is 0 Å². The second-order valence-electron chi connectivity index (χ2n) is 5.83. The average molecular weight is 337 g/mol. The zero-order chi connectivity index (χ0) is 17.4. The van der Waals surface area contributed by atoms with E-state index in [4.69, 9.17) is 0 Å². The van der Waals surface area contributed by atoms with Gasteiger partial charge in [0.25, 0.3) is 0 Å². The van der Waals surface area contributed by atoms with E-state index in [0.29, 0.717) is 0 Å². The van der Waals surface area contributed by atoms with Crippen LogP contribution in [0.25, 0.3) is 0 Å². The van der Waals surface area contributed by atoms with E-state index in [2.05, 4.69) is 22.7 Å². The van der Waals surface area contributed by atoms with E-state index in [1.807, 2.05) is 12.5 Å². The van der Waals surface area contributed by atoms with E-state index >= 15 is 0 Å². The number of aromatic nitrogens is 2. The first-order valence-corrected chi connectivity index (χ1v) is 8.76. The Kier molecular flexibility index (Phi) is 13.9. The van der Waals surface area contributed by atoms with Crippen molar-refractivity contribution in [1.29, 1.82) is 0 Å². The number of hydrogen-bond acceptors (Lipinski definition) is 1. The highest BCUT2D eigenvalue weighted by Gasteiger charge is 2.20. The molecule has 0 N–H and O–H groups in total. The fourth-order valence-electron chi connectivity index (χ4n) is 2.38. The molecule has 0 amide bonds. The Morgan fingerprint density at radius 1 is 0.783 bits per heavy atom. The van der Waals surface area contributed by atoms with Crippen LogP contribution in [-0.4, -0.2) is 16.8 Å². The van der Waals surface area contributed by atoms with Crippen molar-refractivity contribution in [3.8, 4) is 0 Å². The molecule has 2 nitrogen and oxygen atoms in total. The number of nitrogens with zero attached hydrogens (tertiary/aromatic N) is 2. The topological polar surface area (TPSA) is 17.8 Å². The standard InChI is InChI=1S/C16H30N2.BF4/c1-2-3-4-5-6-7-8-9-10-11-12-14-18-15-13-17-16-18;2-1(3,4)5/h13,15-16H,2-12,14H2,1H3;/q;-1. The van der Waals surface area contributed by atoms with Crippen molar-refractivity contribution in [3.63, 3.8) is 0 Å². The van der Waals surface area contributed by atoms with E-state index in [1.54, 1.807) is 0 Å². The summed E-state index contributed by atoms with van der Waals surface area (Å²) in [7, 11) is -6.00. The monoisotopic (exact) mass is 337 g/mol. The molecule has 0 radical (unpaired) electrons.